The average molecular weight is 229 g/mol. The van der Waals surface area contributed by atoms with Crippen LogP contribution >= 0.6 is 0 Å². The van der Waals surface area contributed by atoms with E-state index in [1.165, 1.54) is 5.56 Å². The fourth-order valence-electron chi connectivity index (χ4n) is 1.57. The fourth-order valence-corrected chi connectivity index (χ4v) is 1.57. The predicted octanol–water partition coefficient (Wildman–Crippen LogP) is 1.85. The summed E-state index contributed by atoms with van der Waals surface area (Å²) >= 11 is 0. The van der Waals surface area contributed by atoms with Gasteiger partial charge in [0.05, 0.1) is 12.8 Å². The van der Waals surface area contributed by atoms with Gasteiger partial charge in [0.15, 0.2) is 0 Å². The summed E-state index contributed by atoms with van der Waals surface area (Å²) in [6, 6.07) is 11.7. The minimum Gasteiger partial charge on any atom is -0.497 e. The Morgan fingerprint density at radius 1 is 1.00 bits per heavy atom. The van der Waals surface area contributed by atoms with E-state index >= 15 is 0 Å². The summed E-state index contributed by atoms with van der Waals surface area (Å²) < 4.78 is 5.11. The molecule has 0 amide bonds. The van der Waals surface area contributed by atoms with Gasteiger partial charge in [0.25, 0.3) is 0 Å². The van der Waals surface area contributed by atoms with Crippen LogP contribution in [0.15, 0.2) is 36.4 Å². The van der Waals surface area contributed by atoms with Crippen LogP contribution in [0.3, 0.4) is 0 Å². The van der Waals surface area contributed by atoms with Crippen molar-refractivity contribution in [3.05, 3.63) is 47.7 Å². The Kier molecular flexibility index (Phi) is 3.55. The first-order chi connectivity index (χ1) is 8.28. The van der Waals surface area contributed by atoms with E-state index in [2.05, 4.69) is 22.3 Å². The summed E-state index contributed by atoms with van der Waals surface area (Å²) in [6.07, 6.45) is 1.79. The van der Waals surface area contributed by atoms with Crippen LogP contribution in [0.1, 0.15) is 11.3 Å². The van der Waals surface area contributed by atoms with Crippen molar-refractivity contribution in [1.29, 1.82) is 0 Å². The quantitative estimate of drug-likeness (QED) is 0.869. The molecule has 88 valence electrons. The first-order valence-electron chi connectivity index (χ1n) is 5.49. The molecule has 2 rings (SSSR count). The lowest BCUT2D eigenvalue weighted by molar-refractivity contribution is 0.414. The van der Waals surface area contributed by atoms with E-state index in [0.717, 1.165) is 24.3 Å². The Labute approximate surface area is 100 Å². The Bertz CT molecular complexity index is 465. The van der Waals surface area contributed by atoms with Crippen LogP contribution in [0.5, 0.6) is 5.75 Å². The van der Waals surface area contributed by atoms with E-state index in [4.69, 9.17) is 10.5 Å². The normalized spacial score (nSPS) is 10.2. The van der Waals surface area contributed by atoms with Crippen molar-refractivity contribution in [1.82, 2.24) is 10.2 Å². The Balaban J connectivity index is 1.95. The molecule has 1 aromatic heterocycles. The van der Waals surface area contributed by atoms with Gasteiger partial charge in [-0.15, -0.1) is 5.10 Å². The summed E-state index contributed by atoms with van der Waals surface area (Å²) in [5, 5.41) is 7.85. The molecule has 1 heterocycles. The second-order valence-corrected chi connectivity index (χ2v) is 3.80. The molecule has 0 saturated heterocycles. The molecule has 17 heavy (non-hydrogen) atoms. The van der Waals surface area contributed by atoms with Gasteiger partial charge in [-0.1, -0.05) is 12.1 Å². The fraction of sp³-hybridized carbons (Fsp3) is 0.231. The zero-order valence-electron chi connectivity index (χ0n) is 9.76. The maximum atomic E-state index is 5.48. The molecule has 0 aliphatic heterocycles. The summed E-state index contributed by atoms with van der Waals surface area (Å²) in [4.78, 5) is 0. The number of ether oxygens (including phenoxy) is 1. The summed E-state index contributed by atoms with van der Waals surface area (Å²) in [7, 11) is 1.67. The van der Waals surface area contributed by atoms with E-state index < -0.39 is 0 Å². The largest absolute Gasteiger partial charge is 0.497 e. The van der Waals surface area contributed by atoms with Gasteiger partial charge in [-0.3, -0.25) is 0 Å². The van der Waals surface area contributed by atoms with Crippen LogP contribution in [0.25, 0.3) is 0 Å². The lowest BCUT2D eigenvalue weighted by atomic mass is 10.1. The van der Waals surface area contributed by atoms with Crippen LogP contribution in [0.4, 0.5) is 5.82 Å². The van der Waals surface area contributed by atoms with Crippen molar-refractivity contribution in [2.75, 3.05) is 12.8 Å². The molecule has 1 aromatic carbocycles. The minimum absolute atomic E-state index is 0.457. The van der Waals surface area contributed by atoms with Gasteiger partial charge in [-0.05, 0) is 42.7 Å². The highest BCUT2D eigenvalue weighted by Gasteiger charge is 1.98. The number of hydrogen-bond acceptors (Lipinski definition) is 4. The van der Waals surface area contributed by atoms with E-state index in [1.54, 1.807) is 13.2 Å². The smallest absolute Gasteiger partial charge is 0.146 e. The maximum Gasteiger partial charge on any atom is 0.146 e. The van der Waals surface area contributed by atoms with Crippen LogP contribution in [-0.4, -0.2) is 17.3 Å². The summed E-state index contributed by atoms with van der Waals surface area (Å²) in [5.74, 6) is 1.33. The highest BCUT2D eigenvalue weighted by molar-refractivity contribution is 5.28. The number of nitrogens with zero attached hydrogens (tertiary/aromatic N) is 2. The standard InChI is InChI=1S/C13H15N3O/c1-17-12-7-3-10(4-8-12)2-5-11-6-9-13(14)16-15-11/h3-4,6-9H,2,5H2,1H3,(H2,14,16). The number of aryl methyl sites for hydroxylation is 2. The van der Waals surface area contributed by atoms with Crippen LogP contribution in [0, 0.1) is 0 Å². The number of aromatic nitrogens is 2. The lowest BCUT2D eigenvalue weighted by Gasteiger charge is -2.03. The second-order valence-electron chi connectivity index (χ2n) is 3.80. The van der Waals surface area contributed by atoms with E-state index in [9.17, 15) is 0 Å². The third kappa shape index (κ3) is 3.17. The molecule has 0 aliphatic carbocycles. The van der Waals surface area contributed by atoms with Gasteiger partial charge >= 0.3 is 0 Å². The highest BCUT2D eigenvalue weighted by Crippen LogP contribution is 2.12. The number of rotatable bonds is 4. The monoisotopic (exact) mass is 229 g/mol. The molecular formula is C13H15N3O. The molecular weight excluding hydrogens is 214 g/mol. The number of nitrogens with two attached hydrogens (primary N) is 1. The molecule has 4 heteroatoms. The van der Waals surface area contributed by atoms with Crippen molar-refractivity contribution >= 4 is 5.82 Å². The second kappa shape index (κ2) is 5.30. The van der Waals surface area contributed by atoms with Crippen LogP contribution < -0.4 is 10.5 Å². The molecule has 0 spiro atoms. The molecule has 0 radical (unpaired) electrons. The predicted molar refractivity (Wildman–Crippen MR) is 66.8 cm³/mol. The number of anilines is 1. The van der Waals surface area contributed by atoms with E-state index in [0.29, 0.717) is 5.82 Å². The van der Waals surface area contributed by atoms with Crippen molar-refractivity contribution < 1.29 is 4.74 Å². The van der Waals surface area contributed by atoms with E-state index in [1.807, 2.05) is 18.2 Å². The molecule has 0 bridgehead atoms. The minimum atomic E-state index is 0.457. The zero-order chi connectivity index (χ0) is 12.1. The number of nitrogen functional groups attached to an aromatic ring is 1. The van der Waals surface area contributed by atoms with Gasteiger partial charge in [0, 0.05) is 0 Å². The van der Waals surface area contributed by atoms with Gasteiger partial charge in [0.1, 0.15) is 11.6 Å². The number of hydrogen-bond donors (Lipinski definition) is 1. The Hall–Kier alpha value is -2.10. The third-order valence-electron chi connectivity index (χ3n) is 2.57. The molecule has 0 unspecified atom stereocenters. The molecule has 2 N–H and O–H groups in total. The lowest BCUT2D eigenvalue weighted by Crippen LogP contribution is -1.99. The van der Waals surface area contributed by atoms with Crippen LogP contribution in [-0.2, 0) is 12.8 Å². The van der Waals surface area contributed by atoms with Crippen LogP contribution in [0.2, 0.25) is 0 Å². The average Bonchev–Trinajstić information content (AvgIpc) is 2.39. The van der Waals surface area contributed by atoms with Gasteiger partial charge < -0.3 is 10.5 Å². The molecule has 0 fully saturated rings. The summed E-state index contributed by atoms with van der Waals surface area (Å²) in [5.41, 5.74) is 7.69. The van der Waals surface area contributed by atoms with Crippen molar-refractivity contribution in [2.45, 2.75) is 12.8 Å². The molecule has 0 atom stereocenters. The first-order valence-corrected chi connectivity index (χ1v) is 5.49. The van der Waals surface area contributed by atoms with E-state index in [-0.39, 0.29) is 0 Å². The van der Waals surface area contributed by atoms with Gasteiger partial charge in [-0.2, -0.15) is 5.10 Å². The number of methoxy groups -OCH3 is 1. The Morgan fingerprint density at radius 3 is 2.35 bits per heavy atom. The zero-order valence-corrected chi connectivity index (χ0v) is 9.76. The van der Waals surface area contributed by atoms with Gasteiger partial charge in [0.2, 0.25) is 0 Å². The number of benzene rings is 1. The SMILES string of the molecule is COc1ccc(CCc2ccc(N)nn2)cc1. The van der Waals surface area contributed by atoms with Gasteiger partial charge in [-0.25, -0.2) is 0 Å². The third-order valence-corrected chi connectivity index (χ3v) is 2.57. The first kappa shape index (κ1) is 11.4. The Morgan fingerprint density at radius 2 is 1.76 bits per heavy atom. The topological polar surface area (TPSA) is 61.0 Å². The highest BCUT2D eigenvalue weighted by atomic mass is 16.5. The maximum absolute atomic E-state index is 5.48. The molecule has 2 aromatic rings. The van der Waals surface area contributed by atoms with Crippen molar-refractivity contribution in [2.24, 2.45) is 0 Å². The van der Waals surface area contributed by atoms with Crippen molar-refractivity contribution in [3.63, 3.8) is 0 Å². The molecule has 0 saturated carbocycles. The molecule has 0 aliphatic rings. The summed E-state index contributed by atoms with van der Waals surface area (Å²) in [6.45, 7) is 0. The molecule has 4 nitrogen and oxygen atoms in total. The van der Waals surface area contributed by atoms with Crippen molar-refractivity contribution in [3.8, 4) is 5.75 Å².